The molecule has 3 N–H and O–H groups in total. The number of fused-ring (bicyclic) bond motifs is 1. The number of carbonyl (C=O) groups excluding carboxylic acids is 3. The molecule has 4 aliphatic heterocycles. The first kappa shape index (κ1) is 43.2. The summed E-state index contributed by atoms with van der Waals surface area (Å²) in [7, 11) is -2.47. The topological polar surface area (TPSA) is 155 Å². The molecule has 2 aromatic rings. The van der Waals surface area contributed by atoms with Crippen LogP contribution >= 0.6 is 0 Å². The second-order valence-corrected chi connectivity index (χ2v) is 20.5. The Bertz CT molecular complexity index is 2190. The summed E-state index contributed by atoms with van der Waals surface area (Å²) in [5, 5.41) is 14.8. The predicted molar refractivity (Wildman–Crippen MR) is 228 cm³/mol. The van der Waals surface area contributed by atoms with E-state index in [1.54, 1.807) is 23.1 Å². The Morgan fingerprint density at radius 1 is 1.00 bits per heavy atom. The largest absolute Gasteiger partial charge is 0.453 e. The molecule has 0 radical (unpaired) electrons. The number of amides is 3. The summed E-state index contributed by atoms with van der Waals surface area (Å²) in [6.07, 6.45) is 5.77. The number of nitrogens with zero attached hydrogens (tertiary/aromatic N) is 4. The number of benzene rings is 2. The van der Waals surface area contributed by atoms with Gasteiger partial charge in [-0.05, 0) is 131 Å². The number of halogens is 2. The van der Waals surface area contributed by atoms with Crippen molar-refractivity contribution in [3.63, 3.8) is 0 Å². The summed E-state index contributed by atoms with van der Waals surface area (Å²) in [5.74, 6) is -1.08. The molecule has 2 saturated carbocycles. The molecule has 3 amide bonds. The van der Waals surface area contributed by atoms with Crippen LogP contribution in [-0.2, 0) is 36.1 Å². The Morgan fingerprint density at radius 3 is 2.41 bits per heavy atom. The van der Waals surface area contributed by atoms with Crippen molar-refractivity contribution in [2.24, 2.45) is 11.3 Å². The molecule has 8 rings (SSSR count). The molecular formula is C45H59F2N7O6S. The minimum absolute atomic E-state index is 0.130. The van der Waals surface area contributed by atoms with Gasteiger partial charge in [-0.1, -0.05) is 18.7 Å². The summed E-state index contributed by atoms with van der Waals surface area (Å²) in [6.45, 7) is 9.67. The van der Waals surface area contributed by atoms with Crippen molar-refractivity contribution in [3.05, 3.63) is 72.1 Å². The molecule has 13 nitrogen and oxygen atoms in total. The van der Waals surface area contributed by atoms with E-state index >= 15 is 8.78 Å². The van der Waals surface area contributed by atoms with Gasteiger partial charge in [-0.3, -0.25) is 19.4 Å². The van der Waals surface area contributed by atoms with Crippen LogP contribution in [0.1, 0.15) is 69.4 Å². The van der Waals surface area contributed by atoms with E-state index in [-0.39, 0.29) is 55.4 Å². The van der Waals surface area contributed by atoms with Crippen molar-refractivity contribution in [1.82, 2.24) is 25.3 Å². The first-order valence-electron chi connectivity index (χ1n) is 21.7. The molecule has 2 aliphatic carbocycles. The number of sulfone groups is 1. The van der Waals surface area contributed by atoms with Crippen molar-refractivity contribution in [2.75, 3.05) is 77.5 Å². The molecule has 0 spiro atoms. The van der Waals surface area contributed by atoms with Gasteiger partial charge in [0.2, 0.25) is 11.8 Å². The summed E-state index contributed by atoms with van der Waals surface area (Å²) in [4.78, 5) is 45.9. The zero-order valence-corrected chi connectivity index (χ0v) is 36.1. The number of alkyl carbamates (subject to hydrolysis) is 1. The van der Waals surface area contributed by atoms with Crippen LogP contribution in [0.2, 0.25) is 0 Å². The monoisotopic (exact) mass is 863 g/mol. The smallest absolute Gasteiger partial charge is 0.407 e. The van der Waals surface area contributed by atoms with Crippen LogP contribution in [0.5, 0.6) is 0 Å². The highest BCUT2D eigenvalue weighted by molar-refractivity contribution is 7.92. The molecule has 2 aromatic carbocycles. The van der Waals surface area contributed by atoms with Crippen molar-refractivity contribution in [3.8, 4) is 0 Å². The molecule has 0 aromatic heterocycles. The molecule has 1 unspecified atom stereocenters. The van der Waals surface area contributed by atoms with Gasteiger partial charge in [0.15, 0.2) is 15.5 Å². The number of methoxy groups -OCH3 is 1. The number of anilines is 1. The van der Waals surface area contributed by atoms with Crippen LogP contribution in [0, 0.1) is 22.6 Å². The third-order valence-electron chi connectivity index (χ3n) is 14.9. The number of nitrogens with one attached hydrogen (secondary N) is 3. The van der Waals surface area contributed by atoms with E-state index in [2.05, 4.69) is 27.0 Å². The van der Waals surface area contributed by atoms with E-state index in [0.29, 0.717) is 81.5 Å². The Hall–Kier alpha value is -4.41. The summed E-state index contributed by atoms with van der Waals surface area (Å²) in [5.41, 5.74) is -1.79. The van der Waals surface area contributed by atoms with E-state index in [1.807, 2.05) is 17.0 Å². The summed E-state index contributed by atoms with van der Waals surface area (Å²) < 4.78 is 65.1. The molecule has 0 bridgehead atoms. The number of ether oxygens (including phenoxy) is 1. The Labute approximate surface area is 357 Å². The van der Waals surface area contributed by atoms with Crippen LogP contribution in [0.3, 0.4) is 0 Å². The fourth-order valence-corrected chi connectivity index (χ4v) is 13.9. The van der Waals surface area contributed by atoms with Gasteiger partial charge in [-0.15, -0.1) is 0 Å². The second-order valence-electron chi connectivity index (χ2n) is 18.3. The lowest BCUT2D eigenvalue weighted by molar-refractivity contribution is -0.126. The fraction of sp³-hybridized carbons (Fsp3) is 0.600. The van der Waals surface area contributed by atoms with E-state index in [0.717, 1.165) is 31.6 Å². The van der Waals surface area contributed by atoms with Crippen molar-refractivity contribution >= 4 is 39.1 Å². The van der Waals surface area contributed by atoms with Crippen LogP contribution in [0.15, 0.2) is 60.0 Å². The number of hydrogen-bond acceptors (Lipinski definition) is 10. The normalized spacial score (nSPS) is 27.5. The van der Waals surface area contributed by atoms with Crippen LogP contribution in [-0.4, -0.2) is 136 Å². The van der Waals surface area contributed by atoms with Crippen molar-refractivity contribution < 1.29 is 36.3 Å². The van der Waals surface area contributed by atoms with Gasteiger partial charge >= 0.3 is 6.09 Å². The third-order valence-corrected chi connectivity index (χ3v) is 17.2. The maximum Gasteiger partial charge on any atom is 0.407 e. The minimum Gasteiger partial charge on any atom is -0.453 e. The first-order chi connectivity index (χ1) is 29.1. The van der Waals surface area contributed by atoms with Gasteiger partial charge in [0.25, 0.3) is 0 Å². The maximum atomic E-state index is 16.7. The molecule has 4 atom stereocenters. The van der Waals surface area contributed by atoms with Gasteiger partial charge in [0.1, 0.15) is 5.82 Å². The quantitative estimate of drug-likeness (QED) is 0.232. The molecule has 6 fully saturated rings. The molecule has 6 aliphatic rings. The van der Waals surface area contributed by atoms with Crippen LogP contribution in [0.25, 0.3) is 0 Å². The number of rotatable bonds is 14. The second kappa shape index (κ2) is 16.4. The number of piperidine rings is 2. The zero-order chi connectivity index (χ0) is 43.4. The Morgan fingerprint density at radius 2 is 1.75 bits per heavy atom. The van der Waals surface area contributed by atoms with E-state index in [1.165, 1.54) is 32.2 Å². The molecule has 4 saturated heterocycles. The predicted octanol–water partition coefficient (Wildman–Crippen LogP) is 4.59. The maximum absolute atomic E-state index is 16.7. The zero-order valence-electron chi connectivity index (χ0n) is 35.3. The Kier molecular flexibility index (Phi) is 11.6. The number of carbonyl (C=O) groups is 3. The van der Waals surface area contributed by atoms with Gasteiger partial charge in [0.05, 0.1) is 41.3 Å². The standard InChI is InChI=1S/C45H59F2N7O6S/c1-4-39(56)53-20-6-11-37(26-53)61(58,59)38-13-12-36(23-32(38)25-51-18-8-19-51)54-29-42(47,30-54)28-52-21-14-33(15-22-52)43(27-49-31(2)55,34-9-5-10-35(46)24-34)44-16-7-17-45(44,40(44)48)50-41(57)60-3/h4-5,9-10,12-13,23-24,33,37,48H,1,6-8,11,14-22,25-30H2,2-3H3,(H,49,55)(H,50,57)/t37?,43-,44-,45-/m0/s1. The number of alkyl halides is 1. The Balaban J connectivity index is 0.985. The summed E-state index contributed by atoms with van der Waals surface area (Å²) >= 11 is 0. The summed E-state index contributed by atoms with van der Waals surface area (Å²) in [6, 6.07) is 11.8. The van der Waals surface area contributed by atoms with Gasteiger partial charge in [-0.25, -0.2) is 22.0 Å². The molecule has 61 heavy (non-hydrogen) atoms. The molecule has 330 valence electrons. The van der Waals surface area contributed by atoms with E-state index < -0.39 is 49.0 Å². The first-order valence-corrected chi connectivity index (χ1v) is 23.3. The SMILES string of the molecule is C=CC(=O)N1CCCC(S(=O)(=O)c2ccc(N3CC(F)(CN4CCC([C@@](CNC(C)=O)(c5cccc(F)c5)[C@@]56CCC[C@]5(NC(=O)OC)C6=N)CC4)C3)cc2CN2CCC2)C1. The molecular weight excluding hydrogens is 805 g/mol. The minimum atomic E-state index is -3.76. The fourth-order valence-electron chi connectivity index (χ4n) is 11.9. The van der Waals surface area contributed by atoms with E-state index in [9.17, 15) is 28.2 Å². The number of hydrogen-bond donors (Lipinski definition) is 3. The van der Waals surface area contributed by atoms with Gasteiger partial charge in [-0.2, -0.15) is 0 Å². The number of likely N-dealkylation sites (tertiary alicyclic amines) is 3. The average Bonchev–Trinajstić information content (AvgIpc) is 3.48. The van der Waals surface area contributed by atoms with E-state index in [4.69, 9.17) is 4.74 Å². The molecule has 4 heterocycles. The lowest BCUT2D eigenvalue weighted by Crippen LogP contribution is -2.65. The third kappa shape index (κ3) is 7.43. The van der Waals surface area contributed by atoms with Crippen molar-refractivity contribution in [1.29, 1.82) is 5.41 Å². The molecule has 16 heteroatoms. The van der Waals surface area contributed by atoms with Crippen LogP contribution < -0.4 is 15.5 Å². The van der Waals surface area contributed by atoms with Crippen LogP contribution in [0.4, 0.5) is 19.3 Å². The highest BCUT2D eigenvalue weighted by Crippen LogP contribution is 2.74. The average molecular weight is 864 g/mol. The van der Waals surface area contributed by atoms with Gasteiger partial charge < -0.3 is 30.6 Å². The lowest BCUT2D eigenvalue weighted by atomic mass is 9.56. The highest BCUT2D eigenvalue weighted by atomic mass is 32.2. The van der Waals surface area contributed by atoms with Gasteiger partial charge in [0, 0.05) is 56.5 Å². The van der Waals surface area contributed by atoms with Crippen molar-refractivity contribution in [2.45, 2.75) is 91.6 Å². The highest BCUT2D eigenvalue weighted by Gasteiger charge is 2.84. The lowest BCUT2D eigenvalue weighted by Gasteiger charge is -2.52.